The van der Waals surface area contributed by atoms with Crippen LogP contribution in [0.1, 0.15) is 29.2 Å². The zero-order valence-corrected chi connectivity index (χ0v) is 18.3. The minimum atomic E-state index is -1.32. The van der Waals surface area contributed by atoms with E-state index in [9.17, 15) is 14.7 Å². The number of benzene rings is 1. The fourth-order valence-corrected chi connectivity index (χ4v) is 4.51. The van der Waals surface area contributed by atoms with Crippen LogP contribution in [0, 0.1) is 5.82 Å². The van der Waals surface area contributed by atoms with Gasteiger partial charge in [-0.05, 0) is 18.9 Å². The molecule has 3 heterocycles. The van der Waals surface area contributed by atoms with Crippen molar-refractivity contribution >= 4 is 22.6 Å². The van der Waals surface area contributed by atoms with E-state index < -0.39 is 17.2 Å². The predicted octanol–water partition coefficient (Wildman–Crippen LogP) is 1.60. The molecule has 1 aliphatic heterocycles. The fraction of sp³-hybridized carbons (Fsp3) is 0.455. The van der Waals surface area contributed by atoms with Crippen molar-refractivity contribution in [1.29, 1.82) is 0 Å². The van der Waals surface area contributed by atoms with E-state index in [1.165, 1.54) is 19.6 Å². The Morgan fingerprint density at radius 1 is 1.24 bits per heavy atom. The summed E-state index contributed by atoms with van der Waals surface area (Å²) in [5.74, 6) is -1.62. The summed E-state index contributed by atoms with van der Waals surface area (Å²) in [6, 6.07) is 1.24. The standard InChI is InChI=1S/C22H25FN6O4/c1-33-21-18-15(20(30)16(22(31)32)11-29(18)14-2-3-14)10-17(23)19(21)27-7-4-26(5-8-27)6-9-28-13-24-12-25-28/h10-14H,2-9H2,1H3,(H,31,32). The second-order valence-electron chi connectivity index (χ2n) is 8.44. The van der Waals surface area contributed by atoms with E-state index in [-0.39, 0.29) is 22.7 Å². The number of pyridine rings is 1. The molecule has 11 heteroatoms. The number of ether oxygens (including phenoxy) is 1. The molecule has 5 rings (SSSR count). The number of fused-ring (bicyclic) bond motifs is 1. The molecule has 0 bridgehead atoms. The third-order valence-corrected chi connectivity index (χ3v) is 6.37. The van der Waals surface area contributed by atoms with Gasteiger partial charge in [-0.15, -0.1) is 0 Å². The second kappa shape index (κ2) is 8.47. The summed E-state index contributed by atoms with van der Waals surface area (Å²) < 4.78 is 24.6. The van der Waals surface area contributed by atoms with Crippen molar-refractivity contribution < 1.29 is 19.0 Å². The minimum Gasteiger partial charge on any atom is -0.492 e. The van der Waals surface area contributed by atoms with Crippen LogP contribution in [0.15, 0.2) is 29.7 Å². The van der Waals surface area contributed by atoms with Gasteiger partial charge in [-0.25, -0.2) is 14.2 Å². The van der Waals surface area contributed by atoms with E-state index in [2.05, 4.69) is 15.0 Å². The van der Waals surface area contributed by atoms with Gasteiger partial charge in [0.05, 0.1) is 24.6 Å². The molecule has 1 saturated carbocycles. The molecule has 2 aliphatic rings. The second-order valence-corrected chi connectivity index (χ2v) is 8.44. The smallest absolute Gasteiger partial charge is 0.341 e. The van der Waals surface area contributed by atoms with Crippen molar-refractivity contribution in [2.45, 2.75) is 25.4 Å². The van der Waals surface area contributed by atoms with Gasteiger partial charge in [0.15, 0.2) is 11.6 Å². The number of nitrogens with zero attached hydrogens (tertiary/aromatic N) is 6. The van der Waals surface area contributed by atoms with Crippen molar-refractivity contribution in [1.82, 2.24) is 24.2 Å². The maximum Gasteiger partial charge on any atom is 0.341 e. The zero-order chi connectivity index (χ0) is 23.1. The maximum atomic E-state index is 15.4. The Morgan fingerprint density at radius 3 is 2.61 bits per heavy atom. The van der Waals surface area contributed by atoms with E-state index in [0.717, 1.165) is 45.1 Å². The number of hydrogen-bond donors (Lipinski definition) is 1. The molecule has 2 fully saturated rings. The Balaban J connectivity index is 1.48. The topological polar surface area (TPSA) is 106 Å². The Morgan fingerprint density at radius 2 is 2.00 bits per heavy atom. The third kappa shape index (κ3) is 3.92. The van der Waals surface area contributed by atoms with Crippen LogP contribution in [0.4, 0.5) is 10.1 Å². The van der Waals surface area contributed by atoms with Crippen molar-refractivity contribution in [2.75, 3.05) is 44.7 Å². The normalized spacial score (nSPS) is 17.0. The molecule has 0 atom stereocenters. The van der Waals surface area contributed by atoms with Crippen LogP contribution in [0.5, 0.6) is 5.75 Å². The first-order valence-electron chi connectivity index (χ1n) is 11.0. The highest BCUT2D eigenvalue weighted by atomic mass is 19.1. The number of aromatic carboxylic acids is 1. The molecule has 33 heavy (non-hydrogen) atoms. The summed E-state index contributed by atoms with van der Waals surface area (Å²) in [5, 5.41) is 13.6. The van der Waals surface area contributed by atoms with Crippen LogP contribution in [0.25, 0.3) is 10.9 Å². The van der Waals surface area contributed by atoms with E-state index in [0.29, 0.717) is 24.3 Å². The Bertz CT molecular complexity index is 1250. The molecule has 10 nitrogen and oxygen atoms in total. The van der Waals surface area contributed by atoms with Crippen LogP contribution in [-0.2, 0) is 6.54 Å². The van der Waals surface area contributed by atoms with Gasteiger partial charge in [-0.3, -0.25) is 14.4 Å². The van der Waals surface area contributed by atoms with Gasteiger partial charge in [-0.2, -0.15) is 5.10 Å². The lowest BCUT2D eigenvalue weighted by atomic mass is 10.1. The number of aromatic nitrogens is 4. The third-order valence-electron chi connectivity index (χ3n) is 6.37. The molecule has 1 aliphatic carbocycles. The molecular weight excluding hydrogens is 431 g/mol. The number of hydrogen-bond acceptors (Lipinski definition) is 7. The zero-order valence-electron chi connectivity index (χ0n) is 18.3. The van der Waals surface area contributed by atoms with Crippen LogP contribution < -0.4 is 15.1 Å². The summed E-state index contributed by atoms with van der Waals surface area (Å²) in [4.78, 5) is 32.6. The number of carboxylic acids is 1. The number of carbonyl (C=O) groups is 1. The lowest BCUT2D eigenvalue weighted by Crippen LogP contribution is -2.47. The van der Waals surface area contributed by atoms with E-state index in [1.54, 1.807) is 15.6 Å². The molecule has 2 aromatic heterocycles. The van der Waals surface area contributed by atoms with Gasteiger partial charge in [0.25, 0.3) is 0 Å². The molecule has 174 valence electrons. The van der Waals surface area contributed by atoms with Gasteiger partial charge in [0.1, 0.15) is 23.9 Å². The molecule has 0 spiro atoms. The SMILES string of the molecule is COc1c(N2CCN(CCn3cncn3)CC2)c(F)cc2c(=O)c(C(=O)O)cn(C3CC3)c12. The Kier molecular flexibility index (Phi) is 5.49. The van der Waals surface area contributed by atoms with Crippen LogP contribution in [0.3, 0.4) is 0 Å². The van der Waals surface area contributed by atoms with Crippen LogP contribution in [-0.4, -0.2) is 75.1 Å². The quantitative estimate of drug-likeness (QED) is 0.572. The molecular formula is C22H25FN6O4. The number of halogens is 1. The Labute approximate surface area is 188 Å². The summed E-state index contributed by atoms with van der Waals surface area (Å²) in [7, 11) is 1.46. The monoisotopic (exact) mass is 456 g/mol. The number of anilines is 1. The number of carboxylic acid groups (broad SMARTS) is 1. The number of piperazine rings is 1. The van der Waals surface area contributed by atoms with Crippen molar-refractivity contribution in [2.24, 2.45) is 0 Å². The summed E-state index contributed by atoms with van der Waals surface area (Å²) in [6.07, 6.45) is 6.31. The minimum absolute atomic E-state index is 0.0337. The summed E-state index contributed by atoms with van der Waals surface area (Å²) in [6.45, 7) is 4.21. The van der Waals surface area contributed by atoms with Crippen molar-refractivity contribution in [3.63, 3.8) is 0 Å². The van der Waals surface area contributed by atoms with E-state index in [1.807, 2.05) is 4.90 Å². The molecule has 1 aromatic carbocycles. The Hall–Kier alpha value is -3.47. The summed E-state index contributed by atoms with van der Waals surface area (Å²) in [5.41, 5.74) is -0.279. The first-order chi connectivity index (χ1) is 16.0. The van der Waals surface area contributed by atoms with Crippen molar-refractivity contribution in [3.05, 3.63) is 46.5 Å². The first-order valence-corrected chi connectivity index (χ1v) is 11.0. The van der Waals surface area contributed by atoms with E-state index in [4.69, 9.17) is 4.74 Å². The highest BCUT2D eigenvalue weighted by Gasteiger charge is 2.32. The average Bonchev–Trinajstić information content (AvgIpc) is 3.52. The lowest BCUT2D eigenvalue weighted by Gasteiger charge is -2.37. The lowest BCUT2D eigenvalue weighted by molar-refractivity contribution is 0.0695. The molecule has 0 unspecified atom stereocenters. The molecule has 0 radical (unpaired) electrons. The molecule has 0 amide bonds. The van der Waals surface area contributed by atoms with E-state index >= 15 is 4.39 Å². The van der Waals surface area contributed by atoms with Gasteiger partial charge in [-0.1, -0.05) is 0 Å². The predicted molar refractivity (Wildman–Crippen MR) is 119 cm³/mol. The molecule has 3 aromatic rings. The molecule has 1 saturated heterocycles. The van der Waals surface area contributed by atoms with Crippen molar-refractivity contribution in [3.8, 4) is 5.75 Å². The van der Waals surface area contributed by atoms with Gasteiger partial charge >= 0.3 is 5.97 Å². The van der Waals surface area contributed by atoms with Crippen LogP contribution in [0.2, 0.25) is 0 Å². The van der Waals surface area contributed by atoms with Gasteiger partial charge in [0.2, 0.25) is 5.43 Å². The summed E-state index contributed by atoms with van der Waals surface area (Å²) >= 11 is 0. The number of rotatable bonds is 7. The average molecular weight is 456 g/mol. The first kappa shape index (κ1) is 21.4. The van der Waals surface area contributed by atoms with Gasteiger partial charge in [0, 0.05) is 45.0 Å². The molecule has 1 N–H and O–H groups in total. The number of methoxy groups -OCH3 is 1. The maximum absolute atomic E-state index is 15.4. The fourth-order valence-electron chi connectivity index (χ4n) is 4.51. The largest absolute Gasteiger partial charge is 0.492 e. The highest BCUT2D eigenvalue weighted by molar-refractivity contribution is 5.97. The van der Waals surface area contributed by atoms with Gasteiger partial charge < -0.3 is 19.3 Å². The van der Waals surface area contributed by atoms with Crippen LogP contribution >= 0.6 is 0 Å². The highest BCUT2D eigenvalue weighted by Crippen LogP contribution is 2.43.